The molecule has 144 valence electrons. The number of anilines is 2. The van der Waals surface area contributed by atoms with Gasteiger partial charge in [-0.25, -0.2) is 8.42 Å². The van der Waals surface area contributed by atoms with Crippen molar-refractivity contribution in [3.05, 3.63) is 63.7 Å². The third-order valence-electron chi connectivity index (χ3n) is 4.16. The molecular formula is C18H21N3O5S. The third kappa shape index (κ3) is 4.82. The predicted molar refractivity (Wildman–Crippen MR) is 104 cm³/mol. The lowest BCUT2D eigenvalue weighted by Gasteiger charge is -2.28. The first-order valence-corrected chi connectivity index (χ1v) is 9.97. The molecule has 0 heterocycles. The van der Waals surface area contributed by atoms with Crippen LogP contribution >= 0.6 is 0 Å². The number of amides is 1. The number of non-ortho nitro benzene ring substituents is 1. The number of hydrogen-bond acceptors (Lipinski definition) is 5. The maximum Gasteiger partial charge on any atom is 0.271 e. The Hall–Kier alpha value is -2.94. The summed E-state index contributed by atoms with van der Waals surface area (Å²) in [6, 6.07) is 9.53. The summed E-state index contributed by atoms with van der Waals surface area (Å²) in [6.07, 6.45) is 1.03. The van der Waals surface area contributed by atoms with E-state index < -0.39 is 26.9 Å². The molecule has 1 atom stereocenters. The number of carbonyl (C=O) groups is 1. The fourth-order valence-electron chi connectivity index (χ4n) is 2.62. The van der Waals surface area contributed by atoms with E-state index in [-0.39, 0.29) is 11.4 Å². The van der Waals surface area contributed by atoms with Gasteiger partial charge < -0.3 is 5.32 Å². The maximum absolute atomic E-state index is 12.6. The van der Waals surface area contributed by atoms with E-state index in [1.807, 2.05) is 13.8 Å². The molecule has 0 bridgehead atoms. The van der Waals surface area contributed by atoms with Gasteiger partial charge in [0, 0.05) is 17.8 Å². The van der Waals surface area contributed by atoms with E-state index in [4.69, 9.17) is 0 Å². The molecule has 0 aliphatic carbocycles. The fourth-order valence-corrected chi connectivity index (χ4v) is 3.78. The van der Waals surface area contributed by atoms with Crippen LogP contribution in [0.4, 0.5) is 17.1 Å². The van der Waals surface area contributed by atoms with Crippen LogP contribution in [0, 0.1) is 24.0 Å². The smallest absolute Gasteiger partial charge is 0.271 e. The number of carbonyl (C=O) groups excluding carboxylic acids is 1. The molecule has 8 nitrogen and oxygen atoms in total. The van der Waals surface area contributed by atoms with Crippen molar-refractivity contribution in [3.63, 3.8) is 0 Å². The highest BCUT2D eigenvalue weighted by Crippen LogP contribution is 2.25. The number of nitrogens with one attached hydrogen (secondary N) is 1. The summed E-state index contributed by atoms with van der Waals surface area (Å²) in [6.45, 7) is 5.22. The van der Waals surface area contributed by atoms with Gasteiger partial charge in [-0.3, -0.25) is 19.2 Å². The molecule has 0 fully saturated rings. The van der Waals surface area contributed by atoms with Crippen LogP contribution in [0.3, 0.4) is 0 Å². The van der Waals surface area contributed by atoms with E-state index in [9.17, 15) is 23.3 Å². The largest absolute Gasteiger partial charge is 0.324 e. The molecular weight excluding hydrogens is 370 g/mol. The lowest BCUT2D eigenvalue weighted by atomic mass is 10.1. The van der Waals surface area contributed by atoms with E-state index in [0.29, 0.717) is 5.69 Å². The quantitative estimate of drug-likeness (QED) is 0.601. The maximum atomic E-state index is 12.6. The molecule has 2 aromatic carbocycles. The lowest BCUT2D eigenvalue weighted by Crippen LogP contribution is -2.45. The Morgan fingerprint density at radius 3 is 2.37 bits per heavy atom. The van der Waals surface area contributed by atoms with Crippen LogP contribution in [0.15, 0.2) is 42.5 Å². The van der Waals surface area contributed by atoms with Crippen molar-refractivity contribution in [2.24, 2.45) is 0 Å². The highest BCUT2D eigenvalue weighted by molar-refractivity contribution is 7.92. The Kier molecular flexibility index (Phi) is 5.85. The van der Waals surface area contributed by atoms with E-state index in [0.717, 1.165) is 21.7 Å². The predicted octanol–water partition coefficient (Wildman–Crippen LogP) is 3.00. The van der Waals surface area contributed by atoms with Gasteiger partial charge in [0.25, 0.3) is 5.69 Å². The number of benzene rings is 2. The molecule has 0 radical (unpaired) electrons. The van der Waals surface area contributed by atoms with Gasteiger partial charge in [-0.2, -0.15) is 0 Å². The Morgan fingerprint density at radius 2 is 1.81 bits per heavy atom. The number of hydrogen-bond donors (Lipinski definition) is 1. The molecule has 2 aromatic rings. The molecule has 27 heavy (non-hydrogen) atoms. The molecule has 1 amide bonds. The molecule has 0 aliphatic rings. The lowest BCUT2D eigenvalue weighted by molar-refractivity contribution is -0.384. The van der Waals surface area contributed by atoms with Gasteiger partial charge in [0.15, 0.2) is 0 Å². The molecule has 0 aliphatic heterocycles. The monoisotopic (exact) mass is 391 g/mol. The summed E-state index contributed by atoms with van der Waals surface area (Å²) in [5, 5.41) is 13.4. The summed E-state index contributed by atoms with van der Waals surface area (Å²) in [7, 11) is -3.74. The first-order chi connectivity index (χ1) is 12.5. The summed E-state index contributed by atoms with van der Waals surface area (Å²) in [4.78, 5) is 22.9. The third-order valence-corrected chi connectivity index (χ3v) is 5.40. The standard InChI is InChI=1S/C18H21N3O5S/c1-12-8-9-16(10-13(12)2)20(27(4,25)26)14(3)18(22)19-15-6-5-7-17(11-15)21(23)24/h5-11,14H,1-4H3,(H,19,22)/t14-/m1/s1. The van der Waals surface area contributed by atoms with Gasteiger partial charge in [0.2, 0.25) is 15.9 Å². The summed E-state index contributed by atoms with van der Waals surface area (Å²) in [5.41, 5.74) is 2.32. The topological polar surface area (TPSA) is 110 Å². The van der Waals surface area contributed by atoms with E-state index in [2.05, 4.69) is 5.32 Å². The highest BCUT2D eigenvalue weighted by atomic mass is 32.2. The summed E-state index contributed by atoms with van der Waals surface area (Å²) < 4.78 is 25.7. The summed E-state index contributed by atoms with van der Waals surface area (Å²) >= 11 is 0. The zero-order valence-electron chi connectivity index (χ0n) is 15.5. The Balaban J connectivity index is 2.33. The summed E-state index contributed by atoms with van der Waals surface area (Å²) in [5.74, 6) is -0.598. The Morgan fingerprint density at radius 1 is 1.15 bits per heavy atom. The van der Waals surface area contributed by atoms with Crippen molar-refractivity contribution >= 4 is 33.0 Å². The first-order valence-electron chi connectivity index (χ1n) is 8.12. The van der Waals surface area contributed by atoms with Gasteiger partial charge in [-0.15, -0.1) is 0 Å². The van der Waals surface area contributed by atoms with Crippen molar-refractivity contribution in [3.8, 4) is 0 Å². The average Bonchev–Trinajstić information content (AvgIpc) is 2.57. The Labute approximate surface area is 158 Å². The number of nitro groups is 1. The number of sulfonamides is 1. The number of nitro benzene ring substituents is 1. The van der Waals surface area contributed by atoms with Crippen LogP contribution in [0.25, 0.3) is 0 Å². The van der Waals surface area contributed by atoms with Gasteiger partial charge in [0.05, 0.1) is 16.9 Å². The zero-order chi connectivity index (χ0) is 20.4. The van der Waals surface area contributed by atoms with Crippen LogP contribution in [-0.4, -0.2) is 31.5 Å². The minimum atomic E-state index is -3.74. The molecule has 9 heteroatoms. The molecule has 2 rings (SSSR count). The van der Waals surface area contributed by atoms with Crippen LogP contribution in [0.5, 0.6) is 0 Å². The van der Waals surface area contributed by atoms with Crippen molar-refractivity contribution in [2.45, 2.75) is 26.8 Å². The van der Waals surface area contributed by atoms with Crippen molar-refractivity contribution in [1.29, 1.82) is 0 Å². The molecule has 1 N–H and O–H groups in total. The molecule has 0 aromatic heterocycles. The van der Waals surface area contributed by atoms with Crippen LogP contribution in [0.2, 0.25) is 0 Å². The molecule has 0 unspecified atom stereocenters. The second-order valence-electron chi connectivity index (χ2n) is 6.30. The number of rotatable bonds is 6. The second-order valence-corrected chi connectivity index (χ2v) is 8.16. The fraction of sp³-hybridized carbons (Fsp3) is 0.278. The van der Waals surface area contributed by atoms with Crippen molar-refractivity contribution < 1.29 is 18.1 Å². The minimum absolute atomic E-state index is 0.172. The minimum Gasteiger partial charge on any atom is -0.324 e. The highest BCUT2D eigenvalue weighted by Gasteiger charge is 2.29. The Bertz CT molecular complexity index is 988. The average molecular weight is 391 g/mol. The zero-order valence-corrected chi connectivity index (χ0v) is 16.3. The van der Waals surface area contributed by atoms with Gasteiger partial charge in [0.1, 0.15) is 6.04 Å². The van der Waals surface area contributed by atoms with Crippen LogP contribution < -0.4 is 9.62 Å². The number of nitrogens with zero attached hydrogens (tertiary/aromatic N) is 2. The van der Waals surface area contributed by atoms with E-state index in [1.54, 1.807) is 18.2 Å². The van der Waals surface area contributed by atoms with Gasteiger partial charge >= 0.3 is 0 Å². The van der Waals surface area contributed by atoms with Crippen molar-refractivity contribution in [1.82, 2.24) is 0 Å². The molecule has 0 saturated heterocycles. The molecule has 0 saturated carbocycles. The first kappa shape index (κ1) is 20.4. The SMILES string of the molecule is Cc1ccc(N([C@H](C)C(=O)Nc2cccc([N+](=O)[O-])c2)S(C)(=O)=O)cc1C. The van der Waals surface area contributed by atoms with Crippen LogP contribution in [0.1, 0.15) is 18.1 Å². The molecule has 0 spiro atoms. The van der Waals surface area contributed by atoms with Gasteiger partial charge in [-0.1, -0.05) is 12.1 Å². The van der Waals surface area contributed by atoms with E-state index in [1.165, 1.54) is 31.2 Å². The number of aryl methyl sites for hydroxylation is 2. The van der Waals surface area contributed by atoms with Crippen molar-refractivity contribution in [2.75, 3.05) is 15.9 Å². The van der Waals surface area contributed by atoms with Crippen LogP contribution in [-0.2, 0) is 14.8 Å². The second kappa shape index (κ2) is 7.75. The normalized spacial score (nSPS) is 12.3. The van der Waals surface area contributed by atoms with Gasteiger partial charge in [-0.05, 0) is 50.1 Å². The van der Waals surface area contributed by atoms with E-state index >= 15 is 0 Å².